The van der Waals surface area contributed by atoms with Crippen molar-refractivity contribution in [2.24, 2.45) is 0 Å². The van der Waals surface area contributed by atoms with E-state index >= 15 is 0 Å². The van der Waals surface area contributed by atoms with Crippen LogP contribution in [0.5, 0.6) is 11.5 Å². The van der Waals surface area contributed by atoms with Crippen LogP contribution in [0.25, 0.3) is 11.0 Å². The molecule has 0 aliphatic heterocycles. The highest BCUT2D eigenvalue weighted by molar-refractivity contribution is 5.85. The van der Waals surface area contributed by atoms with Gasteiger partial charge in [0.25, 0.3) is 0 Å². The summed E-state index contributed by atoms with van der Waals surface area (Å²) in [6.07, 6.45) is -8.20. The molecule has 0 atom stereocenters. The molecule has 0 bridgehead atoms. The number of fused-ring (bicyclic) bond motifs is 1. The van der Waals surface area contributed by atoms with Crippen LogP contribution in [0.3, 0.4) is 0 Å². The number of nitrogens with zero attached hydrogens (tertiary/aromatic N) is 2. The minimum atomic E-state index is -4.92. The molecular weight excluding hydrogens is 468 g/mol. The van der Waals surface area contributed by atoms with Crippen LogP contribution in [0.4, 0.5) is 32.0 Å². The maximum atomic E-state index is 13.1. The summed E-state index contributed by atoms with van der Waals surface area (Å²) in [4.78, 5) is 0. The molecule has 0 unspecified atom stereocenters. The molecular formula is C22H19F6N3O3. The number of aromatic nitrogens is 1. The lowest BCUT2D eigenvalue weighted by atomic mass is 10.0. The van der Waals surface area contributed by atoms with E-state index in [1.165, 1.54) is 24.3 Å². The molecule has 12 heteroatoms. The minimum Gasteiger partial charge on any atom is -0.493 e. The number of hydrogen-bond donors (Lipinski definition) is 1. The molecule has 0 saturated heterocycles. The molecule has 0 amide bonds. The maximum Gasteiger partial charge on any atom is 0.573 e. The molecule has 3 aromatic rings. The highest BCUT2D eigenvalue weighted by Crippen LogP contribution is 2.38. The fraction of sp³-hybridized carbons (Fsp3) is 0.364. The monoisotopic (exact) mass is 487 g/mol. The molecule has 0 saturated carbocycles. The van der Waals surface area contributed by atoms with Crippen molar-refractivity contribution in [1.82, 2.24) is 5.16 Å². The van der Waals surface area contributed by atoms with Crippen LogP contribution in [0, 0.1) is 11.3 Å². The van der Waals surface area contributed by atoms with Gasteiger partial charge in [-0.2, -0.15) is 18.4 Å². The Bertz CT molecular complexity index is 1180. The number of halogens is 6. The van der Waals surface area contributed by atoms with Crippen molar-refractivity contribution >= 4 is 16.7 Å². The van der Waals surface area contributed by atoms with Gasteiger partial charge in [0.15, 0.2) is 17.0 Å². The summed E-state index contributed by atoms with van der Waals surface area (Å²) < 4.78 is 91.9. The Morgan fingerprint density at radius 3 is 2.50 bits per heavy atom. The van der Waals surface area contributed by atoms with Crippen LogP contribution in [0.15, 0.2) is 34.9 Å². The van der Waals surface area contributed by atoms with Gasteiger partial charge < -0.3 is 19.3 Å². The number of hydrogen-bond acceptors (Lipinski definition) is 6. The van der Waals surface area contributed by atoms with Crippen molar-refractivity contribution in [3.8, 4) is 17.6 Å². The molecule has 6 nitrogen and oxygen atoms in total. The van der Waals surface area contributed by atoms with Gasteiger partial charge in [0.05, 0.1) is 29.3 Å². The predicted molar refractivity (Wildman–Crippen MR) is 109 cm³/mol. The van der Waals surface area contributed by atoms with Crippen molar-refractivity contribution < 1.29 is 40.3 Å². The van der Waals surface area contributed by atoms with Gasteiger partial charge in [-0.05, 0) is 37.1 Å². The Hall–Kier alpha value is -3.62. The van der Waals surface area contributed by atoms with E-state index in [1.807, 2.05) is 6.92 Å². The Labute approximate surface area is 190 Å². The van der Waals surface area contributed by atoms with Gasteiger partial charge in [-0.15, -0.1) is 13.2 Å². The lowest BCUT2D eigenvalue weighted by Crippen LogP contribution is -2.18. The van der Waals surface area contributed by atoms with Crippen LogP contribution in [0.2, 0.25) is 0 Å². The molecule has 3 rings (SSSR count). The molecule has 0 aliphatic rings. The summed E-state index contributed by atoms with van der Waals surface area (Å²) >= 11 is 0. The smallest absolute Gasteiger partial charge is 0.493 e. The molecule has 0 radical (unpaired) electrons. The third kappa shape index (κ3) is 6.03. The molecule has 1 aromatic heterocycles. The molecule has 1 heterocycles. The van der Waals surface area contributed by atoms with Gasteiger partial charge >= 0.3 is 12.5 Å². The normalized spacial score (nSPS) is 11.9. The molecule has 34 heavy (non-hydrogen) atoms. The van der Waals surface area contributed by atoms with Gasteiger partial charge in [-0.1, -0.05) is 18.5 Å². The van der Waals surface area contributed by atoms with Gasteiger partial charge in [0.1, 0.15) is 5.75 Å². The summed E-state index contributed by atoms with van der Waals surface area (Å²) in [7, 11) is 0. The topological polar surface area (TPSA) is 80.3 Å². The van der Waals surface area contributed by atoms with E-state index in [0.29, 0.717) is 30.6 Å². The first kappa shape index (κ1) is 25.0. The number of aryl methyl sites for hydroxylation is 1. The first-order chi connectivity index (χ1) is 16.0. The Balaban J connectivity index is 1.66. The van der Waals surface area contributed by atoms with E-state index in [1.54, 1.807) is 6.07 Å². The zero-order valence-corrected chi connectivity index (χ0v) is 17.8. The molecule has 2 aromatic carbocycles. The van der Waals surface area contributed by atoms with E-state index in [4.69, 9.17) is 14.5 Å². The second-order valence-corrected chi connectivity index (χ2v) is 7.20. The Kier molecular flexibility index (Phi) is 7.44. The third-order valence-electron chi connectivity index (χ3n) is 4.70. The fourth-order valence-electron chi connectivity index (χ4n) is 3.29. The van der Waals surface area contributed by atoms with Crippen molar-refractivity contribution in [1.29, 1.82) is 5.26 Å². The van der Waals surface area contributed by atoms with Crippen molar-refractivity contribution in [3.05, 3.63) is 47.2 Å². The van der Waals surface area contributed by atoms with Gasteiger partial charge in [0, 0.05) is 18.2 Å². The number of rotatable bonds is 9. The highest BCUT2D eigenvalue weighted by atomic mass is 19.4. The van der Waals surface area contributed by atoms with E-state index in [-0.39, 0.29) is 35.4 Å². The van der Waals surface area contributed by atoms with Crippen LogP contribution in [-0.4, -0.2) is 24.7 Å². The largest absolute Gasteiger partial charge is 0.573 e. The minimum absolute atomic E-state index is 0.00748. The quantitative estimate of drug-likeness (QED) is 0.276. The maximum absolute atomic E-state index is 13.1. The summed E-state index contributed by atoms with van der Waals surface area (Å²) in [6, 6.07) is 8.02. The third-order valence-corrected chi connectivity index (χ3v) is 4.70. The summed E-state index contributed by atoms with van der Waals surface area (Å²) in [6.45, 7) is 2.18. The summed E-state index contributed by atoms with van der Waals surface area (Å²) in [5.41, 5.74) is -0.575. The number of ether oxygens (including phenoxy) is 2. The molecule has 0 aliphatic carbocycles. The number of anilines is 1. The number of nitrogens with one attached hydrogen (secondary N) is 1. The highest BCUT2D eigenvalue weighted by Gasteiger charge is 2.37. The zero-order valence-electron chi connectivity index (χ0n) is 17.8. The average molecular weight is 487 g/mol. The molecule has 0 spiro atoms. The number of benzene rings is 2. The van der Waals surface area contributed by atoms with Crippen LogP contribution >= 0.6 is 0 Å². The van der Waals surface area contributed by atoms with Crippen LogP contribution in [0.1, 0.15) is 36.6 Å². The first-order valence-electron chi connectivity index (χ1n) is 10.2. The van der Waals surface area contributed by atoms with Crippen molar-refractivity contribution in [2.75, 3.05) is 18.5 Å². The van der Waals surface area contributed by atoms with Crippen molar-refractivity contribution in [2.45, 2.75) is 38.7 Å². The van der Waals surface area contributed by atoms with E-state index < -0.39 is 24.0 Å². The van der Waals surface area contributed by atoms with E-state index in [9.17, 15) is 26.3 Å². The molecule has 1 N–H and O–H groups in total. The SMILES string of the molecule is CCCc1c(OCCCNc2ccc(C#N)cc2OC(F)(F)F)ccc2c(C(F)(F)F)noc12. The predicted octanol–water partition coefficient (Wildman–Crippen LogP) is 6.45. The van der Waals surface area contributed by atoms with Crippen LogP contribution < -0.4 is 14.8 Å². The van der Waals surface area contributed by atoms with Crippen molar-refractivity contribution in [3.63, 3.8) is 0 Å². The number of alkyl halides is 6. The summed E-state index contributed by atoms with van der Waals surface area (Å²) in [5, 5.41) is 14.7. The first-order valence-corrected chi connectivity index (χ1v) is 10.2. The lowest BCUT2D eigenvalue weighted by molar-refractivity contribution is -0.274. The lowest BCUT2D eigenvalue weighted by Gasteiger charge is -2.15. The molecule has 182 valence electrons. The van der Waals surface area contributed by atoms with Crippen LogP contribution in [-0.2, 0) is 12.6 Å². The van der Waals surface area contributed by atoms with Gasteiger partial charge in [0.2, 0.25) is 0 Å². The van der Waals surface area contributed by atoms with Gasteiger partial charge in [-0.3, -0.25) is 0 Å². The number of nitriles is 1. The van der Waals surface area contributed by atoms with Gasteiger partial charge in [-0.25, -0.2) is 0 Å². The average Bonchev–Trinajstić information content (AvgIpc) is 3.19. The van der Waals surface area contributed by atoms with E-state index in [2.05, 4.69) is 15.2 Å². The second-order valence-electron chi connectivity index (χ2n) is 7.20. The fourth-order valence-corrected chi connectivity index (χ4v) is 3.29. The second kappa shape index (κ2) is 10.1. The molecule has 0 fully saturated rings. The Morgan fingerprint density at radius 1 is 1.09 bits per heavy atom. The van der Waals surface area contributed by atoms with E-state index in [0.717, 1.165) is 6.07 Å². The summed E-state index contributed by atoms with van der Waals surface area (Å²) in [5.74, 6) is -0.187. The zero-order chi connectivity index (χ0) is 24.9. The standard InChI is InChI=1S/C22H19F6N3O3/c1-2-4-14-17(8-6-15-19(14)34-31-20(15)21(23,24)25)32-10-3-9-30-16-7-5-13(12-29)11-18(16)33-22(26,27)28/h5-8,11,30H,2-4,9-10H2,1H3. The Morgan fingerprint density at radius 2 is 1.85 bits per heavy atom.